The van der Waals surface area contributed by atoms with Gasteiger partial charge in [0.2, 0.25) is 0 Å². The van der Waals surface area contributed by atoms with Gasteiger partial charge in [-0.1, -0.05) is 39.0 Å². The lowest BCUT2D eigenvalue weighted by molar-refractivity contribution is 0.281. The fourth-order valence-electron chi connectivity index (χ4n) is 2.31. The summed E-state index contributed by atoms with van der Waals surface area (Å²) in [6.45, 7) is 6.34. The zero-order valence-corrected chi connectivity index (χ0v) is 12.5. The van der Waals surface area contributed by atoms with Crippen LogP contribution in [-0.2, 0) is 12.0 Å². The van der Waals surface area contributed by atoms with Gasteiger partial charge in [-0.05, 0) is 23.8 Å². The predicted octanol–water partition coefficient (Wildman–Crippen LogP) is 3.21. The number of aliphatic hydroxyl groups excluding tert-OH is 1. The van der Waals surface area contributed by atoms with Crippen LogP contribution in [0.2, 0.25) is 0 Å². The number of hydrogen-bond donors (Lipinski definition) is 1. The topological polar surface area (TPSA) is 50.9 Å². The van der Waals surface area contributed by atoms with Gasteiger partial charge in [-0.2, -0.15) is 5.10 Å². The van der Waals surface area contributed by atoms with Gasteiger partial charge in [0.15, 0.2) is 5.82 Å². The van der Waals surface area contributed by atoms with E-state index in [0.29, 0.717) is 0 Å². The highest BCUT2D eigenvalue weighted by Gasteiger charge is 2.18. The van der Waals surface area contributed by atoms with Crippen LogP contribution in [0.4, 0.5) is 0 Å². The molecule has 0 aliphatic carbocycles. The Hall–Kier alpha value is -2.20. The second-order valence-corrected chi connectivity index (χ2v) is 6.24. The second-order valence-electron chi connectivity index (χ2n) is 6.24. The van der Waals surface area contributed by atoms with E-state index in [1.807, 2.05) is 47.3 Å². The van der Waals surface area contributed by atoms with Crippen molar-refractivity contribution in [2.24, 2.45) is 0 Å². The maximum atomic E-state index is 9.51. The van der Waals surface area contributed by atoms with Crippen LogP contribution < -0.4 is 0 Å². The lowest BCUT2D eigenvalue weighted by Gasteiger charge is -2.19. The molecule has 0 aliphatic rings. The van der Waals surface area contributed by atoms with Crippen LogP contribution in [0, 0.1) is 0 Å². The van der Waals surface area contributed by atoms with Crippen LogP contribution in [0.3, 0.4) is 0 Å². The fourth-order valence-corrected chi connectivity index (χ4v) is 2.31. The Bertz CT molecular complexity index is 784. The van der Waals surface area contributed by atoms with Gasteiger partial charge in [-0.25, -0.2) is 9.67 Å². The summed E-state index contributed by atoms with van der Waals surface area (Å²) in [5, 5.41) is 15.0. The summed E-state index contributed by atoms with van der Waals surface area (Å²) in [5.41, 5.74) is 2.73. The third-order valence-electron chi connectivity index (χ3n) is 3.52. The van der Waals surface area contributed by atoms with Crippen molar-refractivity contribution in [1.29, 1.82) is 0 Å². The molecule has 3 rings (SSSR count). The largest absolute Gasteiger partial charge is 0.392 e. The van der Waals surface area contributed by atoms with Crippen LogP contribution in [0.25, 0.3) is 16.7 Å². The normalized spacial score (nSPS) is 12.0. The maximum absolute atomic E-state index is 9.51. The van der Waals surface area contributed by atoms with E-state index in [1.54, 1.807) is 0 Å². The fraction of sp³-hybridized carbons (Fsp3) is 0.294. The van der Waals surface area contributed by atoms with E-state index in [1.165, 1.54) is 0 Å². The van der Waals surface area contributed by atoms with Gasteiger partial charge >= 0.3 is 0 Å². The molecule has 4 nitrogen and oxygen atoms in total. The quantitative estimate of drug-likeness (QED) is 0.784. The van der Waals surface area contributed by atoms with Crippen molar-refractivity contribution >= 4 is 10.9 Å². The summed E-state index contributed by atoms with van der Waals surface area (Å²) in [6.07, 6.45) is 1.83. The Morgan fingerprint density at radius 1 is 1.14 bits per heavy atom. The molecule has 0 unspecified atom stereocenters. The van der Waals surface area contributed by atoms with E-state index in [4.69, 9.17) is 4.98 Å². The van der Waals surface area contributed by atoms with Crippen LogP contribution in [0.5, 0.6) is 0 Å². The van der Waals surface area contributed by atoms with Crippen molar-refractivity contribution < 1.29 is 5.11 Å². The van der Waals surface area contributed by atoms with Crippen molar-refractivity contribution in [3.63, 3.8) is 0 Å². The molecule has 0 amide bonds. The van der Waals surface area contributed by atoms with Crippen molar-refractivity contribution in [2.75, 3.05) is 0 Å². The first-order chi connectivity index (χ1) is 9.99. The van der Waals surface area contributed by atoms with E-state index in [2.05, 4.69) is 25.9 Å². The molecule has 0 spiro atoms. The van der Waals surface area contributed by atoms with E-state index in [9.17, 15) is 5.11 Å². The minimum atomic E-state index is -0.0805. The molecule has 108 valence electrons. The lowest BCUT2D eigenvalue weighted by Crippen LogP contribution is -2.16. The molecular weight excluding hydrogens is 262 g/mol. The first-order valence-electron chi connectivity index (χ1n) is 7.04. The molecule has 0 atom stereocenters. The second kappa shape index (κ2) is 4.97. The summed E-state index contributed by atoms with van der Waals surface area (Å²) < 4.78 is 1.82. The Balaban J connectivity index is 2.22. The molecular formula is C17H19N3O. The highest BCUT2D eigenvalue weighted by atomic mass is 16.3. The number of pyridine rings is 1. The van der Waals surface area contributed by atoms with Gasteiger partial charge in [-0.15, -0.1) is 0 Å². The minimum absolute atomic E-state index is 0.00218. The number of nitrogens with zero attached hydrogens (tertiary/aromatic N) is 3. The molecule has 1 aromatic carbocycles. The molecule has 0 aliphatic heterocycles. The summed E-state index contributed by atoms with van der Waals surface area (Å²) in [5.74, 6) is 0.743. The number of hydrogen-bond acceptors (Lipinski definition) is 3. The molecule has 0 bridgehead atoms. The molecule has 2 heterocycles. The van der Waals surface area contributed by atoms with Crippen molar-refractivity contribution in [3.05, 3.63) is 53.9 Å². The smallest absolute Gasteiger partial charge is 0.154 e. The predicted molar refractivity (Wildman–Crippen MR) is 83.5 cm³/mol. The Morgan fingerprint density at radius 2 is 1.90 bits per heavy atom. The highest BCUT2D eigenvalue weighted by molar-refractivity contribution is 5.79. The lowest BCUT2D eigenvalue weighted by atomic mass is 9.91. The molecule has 0 saturated carbocycles. The molecule has 0 saturated heterocycles. The van der Waals surface area contributed by atoms with Crippen molar-refractivity contribution in [2.45, 2.75) is 32.8 Å². The average molecular weight is 281 g/mol. The first-order valence-corrected chi connectivity index (χ1v) is 7.04. The molecule has 4 heteroatoms. The maximum Gasteiger partial charge on any atom is 0.154 e. The molecule has 0 fully saturated rings. The number of fused-ring (bicyclic) bond motifs is 1. The van der Waals surface area contributed by atoms with Crippen molar-refractivity contribution in [3.8, 4) is 5.82 Å². The first kappa shape index (κ1) is 13.8. The Labute approximate surface area is 124 Å². The van der Waals surface area contributed by atoms with E-state index in [0.717, 1.165) is 28.0 Å². The van der Waals surface area contributed by atoms with Gasteiger partial charge in [0, 0.05) is 16.5 Å². The van der Waals surface area contributed by atoms with Gasteiger partial charge in [-0.3, -0.25) is 0 Å². The zero-order valence-electron chi connectivity index (χ0n) is 12.5. The molecule has 3 aromatic rings. The Morgan fingerprint density at radius 3 is 2.62 bits per heavy atom. The third kappa shape index (κ3) is 2.54. The van der Waals surface area contributed by atoms with Crippen LogP contribution in [0.1, 0.15) is 32.0 Å². The van der Waals surface area contributed by atoms with Gasteiger partial charge < -0.3 is 5.11 Å². The number of aromatic nitrogens is 3. The summed E-state index contributed by atoms with van der Waals surface area (Å²) in [4.78, 5) is 4.73. The number of rotatable bonds is 2. The standard InChI is InChI=1S/C17H19N3O/c1-17(2,3)15-8-12(11-21)9-16(19-15)20-14-7-5-4-6-13(14)10-18-20/h4-10,21H,11H2,1-3H3. The number of para-hydroxylation sites is 1. The number of benzene rings is 1. The summed E-state index contributed by atoms with van der Waals surface area (Å²) in [7, 11) is 0. The van der Waals surface area contributed by atoms with E-state index < -0.39 is 0 Å². The number of aliphatic hydroxyl groups is 1. The molecule has 1 N–H and O–H groups in total. The summed E-state index contributed by atoms with van der Waals surface area (Å²) in [6, 6.07) is 11.9. The monoisotopic (exact) mass is 281 g/mol. The molecule has 2 aromatic heterocycles. The van der Waals surface area contributed by atoms with Gasteiger partial charge in [0.05, 0.1) is 18.3 Å². The third-order valence-corrected chi connectivity index (χ3v) is 3.52. The van der Waals surface area contributed by atoms with Crippen LogP contribution in [0.15, 0.2) is 42.6 Å². The molecule has 21 heavy (non-hydrogen) atoms. The van der Waals surface area contributed by atoms with Gasteiger partial charge in [0.25, 0.3) is 0 Å². The molecule has 0 radical (unpaired) electrons. The van der Waals surface area contributed by atoms with E-state index in [-0.39, 0.29) is 12.0 Å². The average Bonchev–Trinajstić information content (AvgIpc) is 2.89. The zero-order chi connectivity index (χ0) is 15.0. The van der Waals surface area contributed by atoms with Crippen molar-refractivity contribution in [1.82, 2.24) is 14.8 Å². The van der Waals surface area contributed by atoms with E-state index >= 15 is 0 Å². The Kier molecular flexibility index (Phi) is 3.26. The van der Waals surface area contributed by atoms with Crippen LogP contribution >= 0.6 is 0 Å². The summed E-state index contributed by atoms with van der Waals surface area (Å²) >= 11 is 0. The SMILES string of the molecule is CC(C)(C)c1cc(CO)cc(-n2ncc3ccccc32)n1. The minimum Gasteiger partial charge on any atom is -0.392 e. The van der Waals surface area contributed by atoms with Gasteiger partial charge in [0.1, 0.15) is 0 Å². The highest BCUT2D eigenvalue weighted by Crippen LogP contribution is 2.24. The van der Waals surface area contributed by atoms with Crippen LogP contribution in [-0.4, -0.2) is 19.9 Å².